The maximum absolute atomic E-state index is 12.4. The third kappa shape index (κ3) is 3.25. The smallest absolute Gasteiger partial charge is 0.178 e. The summed E-state index contributed by atoms with van der Waals surface area (Å²) in [5, 5.41) is 1.96. The van der Waals surface area contributed by atoms with E-state index in [-0.39, 0.29) is 5.75 Å². The molecule has 6 nitrogen and oxygen atoms in total. The number of sulfone groups is 1. The summed E-state index contributed by atoms with van der Waals surface area (Å²) in [5.41, 5.74) is 5.51. The van der Waals surface area contributed by atoms with Gasteiger partial charge in [-0.15, -0.1) is 0 Å². The van der Waals surface area contributed by atoms with Crippen molar-refractivity contribution < 1.29 is 13.2 Å². The van der Waals surface area contributed by atoms with Gasteiger partial charge in [-0.3, -0.25) is 4.99 Å². The average Bonchev–Trinajstić information content (AvgIpc) is 3.51. The highest BCUT2D eigenvalue weighted by molar-refractivity contribution is 7.91. The summed E-state index contributed by atoms with van der Waals surface area (Å²) < 4.78 is 30.8. The molecule has 0 aliphatic carbocycles. The minimum Gasteiger partial charge on any atom is -0.485 e. The van der Waals surface area contributed by atoms with Crippen molar-refractivity contribution in [1.82, 2.24) is 9.97 Å². The number of H-pyrrole nitrogens is 1. The van der Waals surface area contributed by atoms with E-state index in [1.807, 2.05) is 31.3 Å². The summed E-state index contributed by atoms with van der Waals surface area (Å²) in [4.78, 5) is 12.4. The highest BCUT2D eigenvalue weighted by Gasteiger charge is 2.19. The van der Waals surface area contributed by atoms with E-state index in [1.54, 1.807) is 25.1 Å². The van der Waals surface area contributed by atoms with Crippen LogP contribution in [0.5, 0.6) is 5.75 Å². The number of rotatable bonds is 6. The van der Waals surface area contributed by atoms with Gasteiger partial charge in [0.05, 0.1) is 28.4 Å². The maximum Gasteiger partial charge on any atom is 0.178 e. The van der Waals surface area contributed by atoms with Crippen molar-refractivity contribution in [2.45, 2.75) is 18.7 Å². The van der Waals surface area contributed by atoms with E-state index in [0.717, 1.165) is 56.6 Å². The molecule has 1 N–H and O–H groups in total. The van der Waals surface area contributed by atoms with Crippen LogP contribution in [0, 0.1) is 6.92 Å². The average molecular weight is 420 g/mol. The fourth-order valence-corrected chi connectivity index (χ4v) is 4.58. The van der Waals surface area contributed by atoms with Crippen LogP contribution in [0.2, 0.25) is 0 Å². The summed E-state index contributed by atoms with van der Waals surface area (Å²) in [6.45, 7) is 4.91. The van der Waals surface area contributed by atoms with Crippen LogP contribution in [-0.2, 0) is 9.84 Å². The molecule has 4 aromatic rings. The molecule has 0 saturated carbocycles. The third-order valence-electron chi connectivity index (χ3n) is 5.36. The number of benzene rings is 2. The maximum atomic E-state index is 12.4. The van der Waals surface area contributed by atoms with E-state index in [9.17, 15) is 8.42 Å². The largest absolute Gasteiger partial charge is 0.485 e. The van der Waals surface area contributed by atoms with Crippen molar-refractivity contribution in [3.05, 3.63) is 54.2 Å². The Hall–Kier alpha value is -3.19. The van der Waals surface area contributed by atoms with Crippen molar-refractivity contribution in [1.29, 1.82) is 0 Å². The first kappa shape index (κ1) is 18.8. The van der Waals surface area contributed by atoms with Gasteiger partial charge in [-0.25, -0.2) is 13.4 Å². The van der Waals surface area contributed by atoms with E-state index < -0.39 is 9.84 Å². The Morgan fingerprint density at radius 1 is 1.17 bits per heavy atom. The fourth-order valence-electron chi connectivity index (χ4n) is 3.66. The van der Waals surface area contributed by atoms with E-state index in [1.165, 1.54) is 0 Å². The number of hydrogen-bond acceptors (Lipinski definition) is 5. The topological polar surface area (TPSA) is 84.4 Å². The predicted octanol–water partition coefficient (Wildman–Crippen LogP) is 4.32. The number of hydrogen-bond donors (Lipinski definition) is 1. The quantitative estimate of drug-likeness (QED) is 0.504. The second-order valence-corrected chi connectivity index (χ2v) is 9.78. The van der Waals surface area contributed by atoms with Crippen LogP contribution >= 0.6 is 0 Å². The first-order valence-electron chi connectivity index (χ1n) is 9.85. The highest BCUT2D eigenvalue weighted by atomic mass is 32.2. The molecule has 0 bridgehead atoms. The zero-order valence-electron chi connectivity index (χ0n) is 16.8. The van der Waals surface area contributed by atoms with Crippen molar-refractivity contribution in [3.63, 3.8) is 0 Å². The number of fused-ring (bicyclic) bond motifs is 3. The second-order valence-electron chi connectivity index (χ2n) is 7.50. The first-order chi connectivity index (χ1) is 14.5. The SMILES string of the molecule is CCS(=O)(=O)c1cccc(-c2ccc(OCC3=NC3)c3[nH]c4ncc(C)cc4c23)c1. The highest BCUT2D eigenvalue weighted by Crippen LogP contribution is 2.39. The molecule has 0 amide bonds. The third-order valence-corrected chi connectivity index (χ3v) is 7.10. The molecule has 30 heavy (non-hydrogen) atoms. The summed E-state index contributed by atoms with van der Waals surface area (Å²) >= 11 is 0. The lowest BCUT2D eigenvalue weighted by Crippen LogP contribution is -2.04. The summed E-state index contributed by atoms with van der Waals surface area (Å²) in [7, 11) is -3.30. The number of aliphatic imine (C=N–C) groups is 1. The van der Waals surface area contributed by atoms with Crippen LogP contribution in [0.3, 0.4) is 0 Å². The summed E-state index contributed by atoms with van der Waals surface area (Å²) in [5.74, 6) is 0.801. The molecule has 1 aliphatic rings. The van der Waals surface area contributed by atoms with E-state index in [0.29, 0.717) is 11.5 Å². The molecule has 0 fully saturated rings. The molecular formula is C23H21N3O3S. The molecule has 5 rings (SSSR count). The molecule has 0 unspecified atom stereocenters. The molecular weight excluding hydrogens is 398 g/mol. The van der Waals surface area contributed by atoms with Crippen molar-refractivity contribution >= 4 is 37.5 Å². The molecule has 2 aromatic heterocycles. The number of ether oxygens (including phenoxy) is 1. The Balaban J connectivity index is 1.75. The van der Waals surface area contributed by atoms with Gasteiger partial charge in [0.25, 0.3) is 0 Å². The molecule has 0 atom stereocenters. The second kappa shape index (κ2) is 6.95. The van der Waals surface area contributed by atoms with Gasteiger partial charge in [-0.2, -0.15) is 0 Å². The lowest BCUT2D eigenvalue weighted by atomic mass is 9.99. The molecule has 7 heteroatoms. The van der Waals surface area contributed by atoms with Crippen LogP contribution in [0.15, 0.2) is 58.5 Å². The lowest BCUT2D eigenvalue weighted by molar-refractivity contribution is 0.383. The first-order valence-corrected chi connectivity index (χ1v) is 11.5. The number of aromatic amines is 1. The van der Waals surface area contributed by atoms with Crippen LogP contribution in [0.4, 0.5) is 0 Å². The fraction of sp³-hybridized carbons (Fsp3) is 0.217. The summed E-state index contributed by atoms with van der Waals surface area (Å²) in [6.07, 6.45) is 1.82. The predicted molar refractivity (Wildman–Crippen MR) is 119 cm³/mol. The van der Waals surface area contributed by atoms with Gasteiger partial charge in [0.1, 0.15) is 18.0 Å². The van der Waals surface area contributed by atoms with Crippen LogP contribution in [-0.4, -0.2) is 43.0 Å². The van der Waals surface area contributed by atoms with Crippen LogP contribution in [0.1, 0.15) is 12.5 Å². The Bertz CT molecular complexity index is 1440. The Morgan fingerprint density at radius 3 is 2.77 bits per heavy atom. The normalized spacial score (nSPS) is 13.6. The van der Waals surface area contributed by atoms with Gasteiger partial charge < -0.3 is 9.72 Å². The molecule has 0 spiro atoms. The number of nitrogens with one attached hydrogen (secondary N) is 1. The zero-order chi connectivity index (χ0) is 20.9. The minimum absolute atomic E-state index is 0.0682. The lowest BCUT2D eigenvalue weighted by Gasteiger charge is -2.11. The monoisotopic (exact) mass is 419 g/mol. The Labute approximate surface area is 174 Å². The molecule has 3 heterocycles. The van der Waals surface area contributed by atoms with Crippen molar-refractivity contribution in [3.8, 4) is 16.9 Å². The molecule has 2 aromatic carbocycles. The van der Waals surface area contributed by atoms with Gasteiger partial charge in [0, 0.05) is 17.0 Å². The number of pyridine rings is 1. The van der Waals surface area contributed by atoms with E-state index in [4.69, 9.17) is 4.74 Å². The molecule has 0 radical (unpaired) electrons. The molecule has 152 valence electrons. The van der Waals surface area contributed by atoms with Gasteiger partial charge in [0.15, 0.2) is 9.84 Å². The van der Waals surface area contributed by atoms with Crippen LogP contribution < -0.4 is 4.74 Å². The Kier molecular flexibility index (Phi) is 4.36. The van der Waals surface area contributed by atoms with Crippen LogP contribution in [0.25, 0.3) is 33.1 Å². The minimum atomic E-state index is -3.30. The number of aryl methyl sites for hydroxylation is 1. The Morgan fingerprint density at radius 2 is 2.00 bits per heavy atom. The van der Waals surface area contributed by atoms with Gasteiger partial charge in [-0.05, 0) is 53.9 Å². The zero-order valence-corrected chi connectivity index (χ0v) is 17.6. The molecule has 1 aliphatic heterocycles. The van der Waals surface area contributed by atoms with Crippen molar-refractivity contribution in [2.24, 2.45) is 4.99 Å². The van der Waals surface area contributed by atoms with E-state index >= 15 is 0 Å². The van der Waals surface area contributed by atoms with Gasteiger partial charge in [-0.1, -0.05) is 19.1 Å². The van der Waals surface area contributed by atoms with Gasteiger partial charge in [0.2, 0.25) is 0 Å². The standard InChI is InChI=1S/C23H21N3O3S/c1-3-30(27,28)17-6-4-5-15(10-17)18-7-8-20(29-13-16-12-24-16)22-21(18)19-9-14(2)11-25-23(19)26-22/h4-11H,3,12-13H2,1-2H3,(H,25,26). The summed E-state index contributed by atoms with van der Waals surface area (Å²) in [6, 6.07) is 13.1. The van der Waals surface area contributed by atoms with Gasteiger partial charge >= 0.3 is 0 Å². The number of aromatic nitrogens is 2. The number of nitrogens with zero attached hydrogens (tertiary/aromatic N) is 2. The van der Waals surface area contributed by atoms with Crippen molar-refractivity contribution in [2.75, 3.05) is 18.9 Å². The van der Waals surface area contributed by atoms with E-state index in [2.05, 4.69) is 21.0 Å². The molecule has 0 saturated heterocycles.